The van der Waals surface area contributed by atoms with Crippen molar-refractivity contribution < 1.29 is 28.9 Å². The first-order valence-corrected chi connectivity index (χ1v) is 11.0. The molecule has 2 heterocycles. The monoisotopic (exact) mass is 498 g/mol. The topological polar surface area (TPSA) is 151 Å². The highest BCUT2D eigenvalue weighted by molar-refractivity contribution is 5.90. The zero-order chi connectivity index (χ0) is 26.1. The molecule has 12 heteroatoms. The molecule has 1 aromatic heterocycles. The van der Waals surface area contributed by atoms with E-state index in [4.69, 9.17) is 15.3 Å². The molecule has 2 aromatic rings. The number of hydrogen-bond acceptors (Lipinski definition) is 8. The van der Waals surface area contributed by atoms with E-state index >= 15 is 0 Å². The molecule has 36 heavy (non-hydrogen) atoms. The average molecular weight is 499 g/mol. The van der Waals surface area contributed by atoms with Gasteiger partial charge in [-0.3, -0.25) is 15.1 Å². The number of benzene rings is 1. The van der Waals surface area contributed by atoms with Crippen LogP contribution in [0.25, 0.3) is 11.1 Å². The molecule has 1 aliphatic heterocycles. The minimum absolute atomic E-state index is 0.105. The lowest BCUT2D eigenvalue weighted by atomic mass is 10.1. The Morgan fingerprint density at radius 2 is 2.17 bits per heavy atom. The summed E-state index contributed by atoms with van der Waals surface area (Å²) in [7, 11) is 0. The summed E-state index contributed by atoms with van der Waals surface area (Å²) >= 11 is 0. The number of cyclic esters (lactones) is 1. The average Bonchev–Trinajstić information content (AvgIpc) is 3.26. The first-order chi connectivity index (χ1) is 17.4. The van der Waals surface area contributed by atoms with Gasteiger partial charge in [-0.2, -0.15) is 0 Å². The number of ether oxygens (including phenoxy) is 1. The summed E-state index contributed by atoms with van der Waals surface area (Å²) < 4.78 is 20.3. The van der Waals surface area contributed by atoms with E-state index in [1.165, 1.54) is 40.3 Å². The van der Waals surface area contributed by atoms with Crippen LogP contribution in [0.5, 0.6) is 0 Å². The molecule has 190 valence electrons. The lowest BCUT2D eigenvalue weighted by molar-refractivity contribution is -0.123. The van der Waals surface area contributed by atoms with Crippen LogP contribution in [0.2, 0.25) is 0 Å². The van der Waals surface area contributed by atoms with Crippen LogP contribution < -0.4 is 20.4 Å². The maximum absolute atomic E-state index is 15.0. The van der Waals surface area contributed by atoms with Crippen molar-refractivity contribution in [2.45, 2.75) is 6.10 Å². The number of halogens is 1. The van der Waals surface area contributed by atoms with Crippen molar-refractivity contribution in [1.29, 1.82) is 5.41 Å². The number of aliphatic hydroxyl groups is 2. The fourth-order valence-corrected chi connectivity index (χ4v) is 3.47. The second-order valence-electron chi connectivity index (χ2n) is 7.68. The molecule has 3 rings (SSSR count). The summed E-state index contributed by atoms with van der Waals surface area (Å²) in [6, 6.07) is 7.65. The molecule has 0 aliphatic carbocycles. The summed E-state index contributed by atoms with van der Waals surface area (Å²) in [5, 5.41) is 31.1. The van der Waals surface area contributed by atoms with E-state index in [2.05, 4.69) is 22.2 Å². The SMILES string of the molecule is C=C/C=C(\O)NCC1CN(c2ccc(-c3ccc(N(C=N)CCNC(=O)CO)nc3)c(F)c2)C(=O)O1. The number of rotatable bonds is 12. The van der Waals surface area contributed by atoms with Crippen LogP contribution in [0.3, 0.4) is 0 Å². The minimum Gasteiger partial charge on any atom is -0.495 e. The third-order valence-corrected chi connectivity index (χ3v) is 5.25. The van der Waals surface area contributed by atoms with Crippen LogP contribution >= 0.6 is 0 Å². The fourth-order valence-electron chi connectivity index (χ4n) is 3.47. The standard InChI is InChI=1S/C24H27FN6O5/c1-2-3-22(33)29-12-18-13-31(24(35)36-18)17-5-6-19(20(25)10-17)16-4-7-21(28-11-16)30(15-26)9-8-27-23(34)14-32/h2-7,10-11,15,18,26,29,32-33H,1,8-9,12-14H2,(H,27,34)/b22-3-,26-15?. The van der Waals surface area contributed by atoms with Gasteiger partial charge in [0.25, 0.3) is 0 Å². The summed E-state index contributed by atoms with van der Waals surface area (Å²) in [6.07, 6.45) is 4.14. The Morgan fingerprint density at radius 3 is 2.81 bits per heavy atom. The predicted octanol–water partition coefficient (Wildman–Crippen LogP) is 1.91. The second-order valence-corrected chi connectivity index (χ2v) is 7.68. The van der Waals surface area contributed by atoms with Crippen molar-refractivity contribution in [3.8, 4) is 11.1 Å². The van der Waals surface area contributed by atoms with E-state index in [1.54, 1.807) is 18.2 Å². The van der Waals surface area contributed by atoms with Gasteiger partial charge in [-0.1, -0.05) is 12.7 Å². The van der Waals surface area contributed by atoms with E-state index in [1.807, 2.05) is 0 Å². The number of aliphatic hydroxyl groups excluding tert-OH is 2. The molecule has 1 atom stereocenters. The molecule has 2 amide bonds. The lowest BCUT2D eigenvalue weighted by Gasteiger charge is -2.18. The zero-order valence-electron chi connectivity index (χ0n) is 19.4. The van der Waals surface area contributed by atoms with Crippen molar-refractivity contribution in [2.24, 2.45) is 0 Å². The highest BCUT2D eigenvalue weighted by Crippen LogP contribution is 2.29. The number of carbonyl (C=O) groups is 2. The minimum atomic E-state index is -0.617. The Hall–Kier alpha value is -4.45. The van der Waals surface area contributed by atoms with Gasteiger partial charge in [0.2, 0.25) is 5.91 Å². The molecule has 1 unspecified atom stereocenters. The van der Waals surface area contributed by atoms with Crippen LogP contribution in [-0.4, -0.2) is 72.4 Å². The molecule has 1 saturated heterocycles. The third-order valence-electron chi connectivity index (χ3n) is 5.25. The molecule has 11 nitrogen and oxygen atoms in total. The van der Waals surface area contributed by atoms with E-state index in [0.29, 0.717) is 17.1 Å². The van der Waals surface area contributed by atoms with Gasteiger partial charge in [0, 0.05) is 30.4 Å². The third kappa shape index (κ3) is 6.57. The number of amides is 2. The summed E-state index contributed by atoms with van der Waals surface area (Å²) in [4.78, 5) is 30.5. The molecule has 0 saturated carbocycles. The number of hydrogen-bond donors (Lipinski definition) is 5. The maximum atomic E-state index is 15.0. The van der Waals surface area contributed by atoms with Crippen LogP contribution in [0.15, 0.2) is 61.1 Å². The van der Waals surface area contributed by atoms with Crippen molar-refractivity contribution in [1.82, 2.24) is 15.6 Å². The highest BCUT2D eigenvalue weighted by Gasteiger charge is 2.32. The Morgan fingerprint density at radius 1 is 1.36 bits per heavy atom. The van der Waals surface area contributed by atoms with Gasteiger partial charge in [-0.05, 0) is 36.4 Å². The normalized spacial score (nSPS) is 15.3. The largest absolute Gasteiger partial charge is 0.495 e. The Kier molecular flexibility index (Phi) is 8.95. The number of nitrogens with zero attached hydrogens (tertiary/aromatic N) is 3. The summed E-state index contributed by atoms with van der Waals surface area (Å²) in [6.45, 7) is 3.69. The van der Waals surface area contributed by atoms with Gasteiger partial charge in [-0.25, -0.2) is 14.2 Å². The molecule has 1 fully saturated rings. The Balaban J connectivity index is 1.65. The molecule has 1 aliphatic rings. The van der Waals surface area contributed by atoms with Crippen molar-refractivity contribution in [3.05, 3.63) is 67.0 Å². The van der Waals surface area contributed by atoms with Crippen molar-refractivity contribution in [2.75, 3.05) is 42.6 Å². The fraction of sp³-hybridized carbons (Fsp3) is 0.250. The molecular formula is C24H27FN6O5. The van der Waals surface area contributed by atoms with Crippen LogP contribution in [0.4, 0.5) is 20.7 Å². The number of pyridine rings is 1. The second kappa shape index (κ2) is 12.3. The number of anilines is 2. The lowest BCUT2D eigenvalue weighted by Crippen LogP contribution is -2.35. The number of carbonyl (C=O) groups excluding carboxylic acids is 2. The van der Waals surface area contributed by atoms with Crippen LogP contribution in [0, 0.1) is 11.2 Å². The van der Waals surface area contributed by atoms with E-state index in [9.17, 15) is 19.1 Å². The van der Waals surface area contributed by atoms with E-state index in [-0.39, 0.29) is 37.6 Å². The van der Waals surface area contributed by atoms with E-state index < -0.39 is 30.5 Å². The molecular weight excluding hydrogens is 471 g/mol. The highest BCUT2D eigenvalue weighted by atomic mass is 19.1. The Bertz CT molecular complexity index is 1140. The number of nitrogens with one attached hydrogen (secondary N) is 3. The van der Waals surface area contributed by atoms with Gasteiger partial charge in [-0.15, -0.1) is 0 Å². The zero-order valence-corrected chi connectivity index (χ0v) is 19.4. The predicted molar refractivity (Wildman–Crippen MR) is 132 cm³/mol. The van der Waals surface area contributed by atoms with Crippen molar-refractivity contribution in [3.63, 3.8) is 0 Å². The van der Waals surface area contributed by atoms with Gasteiger partial charge in [0.15, 0.2) is 5.88 Å². The quantitative estimate of drug-likeness (QED) is 0.129. The van der Waals surface area contributed by atoms with E-state index in [0.717, 1.165) is 6.34 Å². The van der Waals surface area contributed by atoms with Crippen LogP contribution in [-0.2, 0) is 9.53 Å². The van der Waals surface area contributed by atoms with Gasteiger partial charge in [0.1, 0.15) is 24.3 Å². The smallest absolute Gasteiger partial charge is 0.414 e. The number of allylic oxidation sites excluding steroid dienone is 2. The molecule has 0 bridgehead atoms. The van der Waals surface area contributed by atoms with Crippen molar-refractivity contribution >= 4 is 29.8 Å². The first-order valence-electron chi connectivity index (χ1n) is 11.0. The Labute approximate surface area is 207 Å². The maximum Gasteiger partial charge on any atom is 0.414 e. The molecule has 0 radical (unpaired) electrons. The molecule has 0 spiro atoms. The summed E-state index contributed by atoms with van der Waals surface area (Å²) in [5.41, 5.74) is 1.11. The van der Waals surface area contributed by atoms with Gasteiger partial charge < -0.3 is 30.5 Å². The molecule has 5 N–H and O–H groups in total. The van der Waals surface area contributed by atoms with Gasteiger partial charge in [0.05, 0.1) is 25.1 Å². The number of aromatic nitrogens is 1. The van der Waals surface area contributed by atoms with Gasteiger partial charge >= 0.3 is 6.09 Å². The van der Waals surface area contributed by atoms with Crippen LogP contribution in [0.1, 0.15) is 0 Å². The summed E-state index contributed by atoms with van der Waals surface area (Å²) in [5.74, 6) is -0.751. The molecule has 1 aromatic carbocycles. The first kappa shape index (κ1) is 26.2.